The SMILES string of the molecule is O=C(c1ccc(Cl)cc1Cl)N1CCN(C(=O)C2CCN(c3ccc(Cl)cc3)C2=O)CC1. The van der Waals surface area contributed by atoms with Gasteiger partial charge in [-0.05, 0) is 48.9 Å². The Hall–Kier alpha value is -2.28. The number of hydrogen-bond acceptors (Lipinski definition) is 3. The summed E-state index contributed by atoms with van der Waals surface area (Å²) in [5, 5.41) is 1.36. The maximum Gasteiger partial charge on any atom is 0.255 e. The van der Waals surface area contributed by atoms with Gasteiger partial charge in [-0.25, -0.2) is 0 Å². The average Bonchev–Trinajstić information content (AvgIpc) is 3.15. The number of rotatable bonds is 3. The lowest BCUT2D eigenvalue weighted by molar-refractivity contribution is -0.141. The number of anilines is 1. The minimum atomic E-state index is -0.691. The lowest BCUT2D eigenvalue weighted by Gasteiger charge is -2.35. The van der Waals surface area contributed by atoms with Crippen LogP contribution in [-0.4, -0.2) is 60.2 Å². The molecule has 162 valence electrons. The van der Waals surface area contributed by atoms with E-state index in [-0.39, 0.29) is 17.7 Å². The quantitative estimate of drug-likeness (QED) is 0.624. The largest absolute Gasteiger partial charge is 0.338 e. The highest BCUT2D eigenvalue weighted by Crippen LogP contribution is 2.28. The zero-order chi connectivity index (χ0) is 22.1. The standard InChI is InChI=1S/C22H20Cl3N3O3/c23-14-1-4-16(5-2-14)28-8-7-18(22(28)31)21(30)27-11-9-26(10-12-27)20(29)17-6-3-15(24)13-19(17)25/h1-6,13,18H,7-12H2. The van der Waals surface area contributed by atoms with Crippen LogP contribution in [0.1, 0.15) is 16.8 Å². The normalized spacial score (nSPS) is 19.1. The highest BCUT2D eigenvalue weighted by Gasteiger charge is 2.40. The zero-order valence-corrected chi connectivity index (χ0v) is 18.8. The van der Waals surface area contributed by atoms with Crippen LogP contribution in [0.15, 0.2) is 42.5 Å². The Morgan fingerprint density at radius 2 is 1.42 bits per heavy atom. The molecule has 31 heavy (non-hydrogen) atoms. The third-order valence-corrected chi connectivity index (χ3v) is 6.48. The van der Waals surface area contributed by atoms with E-state index in [0.717, 1.165) is 5.69 Å². The number of halogens is 3. The van der Waals surface area contributed by atoms with Gasteiger partial charge in [0.15, 0.2) is 0 Å². The molecular weight excluding hydrogens is 461 g/mol. The van der Waals surface area contributed by atoms with Crippen LogP contribution in [0, 0.1) is 5.92 Å². The first-order valence-corrected chi connectivity index (χ1v) is 11.1. The molecule has 2 aliphatic rings. The molecule has 0 radical (unpaired) electrons. The zero-order valence-electron chi connectivity index (χ0n) is 16.6. The van der Waals surface area contributed by atoms with E-state index in [0.29, 0.717) is 59.8 Å². The van der Waals surface area contributed by atoms with E-state index in [4.69, 9.17) is 34.8 Å². The summed E-state index contributed by atoms with van der Waals surface area (Å²) in [6.45, 7) is 2.00. The van der Waals surface area contributed by atoms with E-state index >= 15 is 0 Å². The van der Waals surface area contributed by atoms with Gasteiger partial charge in [-0.2, -0.15) is 0 Å². The molecule has 4 rings (SSSR count). The third-order valence-electron chi connectivity index (χ3n) is 5.68. The Kier molecular flexibility index (Phi) is 6.42. The number of amides is 3. The molecule has 1 unspecified atom stereocenters. The van der Waals surface area contributed by atoms with Crippen LogP contribution in [0.5, 0.6) is 0 Å². The van der Waals surface area contributed by atoms with Gasteiger partial charge >= 0.3 is 0 Å². The molecule has 1 atom stereocenters. The predicted octanol–water partition coefficient (Wildman–Crippen LogP) is 3.98. The van der Waals surface area contributed by atoms with Crippen molar-refractivity contribution in [1.82, 2.24) is 9.80 Å². The van der Waals surface area contributed by atoms with Crippen LogP contribution in [-0.2, 0) is 9.59 Å². The molecule has 0 aromatic heterocycles. The first kappa shape index (κ1) is 21.9. The summed E-state index contributed by atoms with van der Waals surface area (Å²) in [6.07, 6.45) is 0.472. The molecule has 2 aliphatic heterocycles. The van der Waals surface area contributed by atoms with Gasteiger partial charge in [-0.1, -0.05) is 34.8 Å². The summed E-state index contributed by atoms with van der Waals surface area (Å²) in [4.78, 5) is 43.6. The van der Waals surface area contributed by atoms with Crippen LogP contribution in [0.4, 0.5) is 5.69 Å². The first-order chi connectivity index (χ1) is 14.8. The molecule has 0 saturated carbocycles. The molecule has 2 fully saturated rings. The van der Waals surface area contributed by atoms with E-state index in [2.05, 4.69) is 0 Å². The van der Waals surface area contributed by atoms with Crippen molar-refractivity contribution in [2.75, 3.05) is 37.6 Å². The summed E-state index contributed by atoms with van der Waals surface area (Å²) in [5.41, 5.74) is 1.12. The molecule has 9 heteroatoms. The fourth-order valence-corrected chi connectivity index (χ4v) is 4.59. The number of carbonyl (C=O) groups is 3. The Balaban J connectivity index is 1.36. The Bertz CT molecular complexity index is 1020. The van der Waals surface area contributed by atoms with E-state index in [1.54, 1.807) is 51.1 Å². The Morgan fingerprint density at radius 3 is 2.06 bits per heavy atom. The molecular formula is C22H20Cl3N3O3. The van der Waals surface area contributed by atoms with Gasteiger partial charge in [0.25, 0.3) is 5.91 Å². The van der Waals surface area contributed by atoms with Crippen molar-refractivity contribution in [3.8, 4) is 0 Å². The maximum absolute atomic E-state index is 13.0. The second kappa shape index (κ2) is 9.07. The van der Waals surface area contributed by atoms with Gasteiger partial charge in [0.1, 0.15) is 5.92 Å². The van der Waals surface area contributed by atoms with E-state index < -0.39 is 5.92 Å². The van der Waals surface area contributed by atoms with E-state index in [1.807, 2.05) is 0 Å². The molecule has 0 bridgehead atoms. The minimum absolute atomic E-state index is 0.182. The van der Waals surface area contributed by atoms with Crippen LogP contribution in [0.2, 0.25) is 15.1 Å². The number of benzene rings is 2. The van der Waals surface area contributed by atoms with Crippen molar-refractivity contribution in [3.05, 3.63) is 63.1 Å². The van der Waals surface area contributed by atoms with Gasteiger partial charge < -0.3 is 14.7 Å². The fraction of sp³-hybridized carbons (Fsp3) is 0.318. The Morgan fingerprint density at radius 1 is 0.806 bits per heavy atom. The molecule has 2 aromatic rings. The number of carbonyl (C=O) groups excluding carboxylic acids is 3. The monoisotopic (exact) mass is 479 g/mol. The van der Waals surface area contributed by atoms with Gasteiger partial charge in [-0.15, -0.1) is 0 Å². The molecule has 0 N–H and O–H groups in total. The summed E-state index contributed by atoms with van der Waals surface area (Å²) in [7, 11) is 0. The average molecular weight is 481 g/mol. The molecule has 2 heterocycles. The first-order valence-electron chi connectivity index (χ1n) is 9.95. The van der Waals surface area contributed by atoms with Gasteiger partial charge in [0, 0.05) is 48.5 Å². The highest BCUT2D eigenvalue weighted by molar-refractivity contribution is 6.36. The summed E-state index contributed by atoms with van der Waals surface area (Å²) in [6, 6.07) is 11.8. The van der Waals surface area contributed by atoms with Crippen LogP contribution in [0.3, 0.4) is 0 Å². The number of hydrogen-bond donors (Lipinski definition) is 0. The molecule has 0 spiro atoms. The smallest absolute Gasteiger partial charge is 0.255 e. The van der Waals surface area contributed by atoms with Crippen molar-refractivity contribution in [3.63, 3.8) is 0 Å². The lowest BCUT2D eigenvalue weighted by Crippen LogP contribution is -2.52. The number of piperazine rings is 1. The summed E-state index contributed by atoms with van der Waals surface area (Å²) >= 11 is 18.0. The van der Waals surface area contributed by atoms with Gasteiger partial charge in [-0.3, -0.25) is 14.4 Å². The Labute approximate surface area is 195 Å². The van der Waals surface area contributed by atoms with Crippen molar-refractivity contribution in [1.29, 1.82) is 0 Å². The second-order valence-corrected chi connectivity index (χ2v) is 8.83. The fourth-order valence-electron chi connectivity index (χ4n) is 3.97. The molecule has 0 aliphatic carbocycles. The highest BCUT2D eigenvalue weighted by atomic mass is 35.5. The van der Waals surface area contributed by atoms with Gasteiger partial charge in [0.2, 0.25) is 11.8 Å². The number of nitrogens with zero attached hydrogens (tertiary/aromatic N) is 3. The van der Waals surface area contributed by atoms with Crippen LogP contribution >= 0.6 is 34.8 Å². The lowest BCUT2D eigenvalue weighted by atomic mass is 10.1. The van der Waals surface area contributed by atoms with Crippen molar-refractivity contribution in [2.24, 2.45) is 5.92 Å². The van der Waals surface area contributed by atoms with Gasteiger partial charge in [0.05, 0.1) is 10.6 Å². The summed E-state index contributed by atoms with van der Waals surface area (Å²) < 4.78 is 0. The third kappa shape index (κ3) is 4.52. The molecule has 6 nitrogen and oxygen atoms in total. The maximum atomic E-state index is 13.0. The van der Waals surface area contributed by atoms with Crippen LogP contribution in [0.25, 0.3) is 0 Å². The topological polar surface area (TPSA) is 60.9 Å². The van der Waals surface area contributed by atoms with Crippen molar-refractivity contribution in [2.45, 2.75) is 6.42 Å². The molecule has 2 aromatic carbocycles. The van der Waals surface area contributed by atoms with E-state index in [1.165, 1.54) is 6.07 Å². The van der Waals surface area contributed by atoms with E-state index in [9.17, 15) is 14.4 Å². The molecule has 3 amide bonds. The molecule has 2 saturated heterocycles. The minimum Gasteiger partial charge on any atom is -0.338 e. The van der Waals surface area contributed by atoms with Crippen molar-refractivity contribution >= 4 is 58.2 Å². The predicted molar refractivity (Wildman–Crippen MR) is 121 cm³/mol. The summed E-state index contributed by atoms with van der Waals surface area (Å²) in [5.74, 6) is -1.26. The second-order valence-electron chi connectivity index (χ2n) is 7.55. The van der Waals surface area contributed by atoms with Crippen molar-refractivity contribution < 1.29 is 14.4 Å². The van der Waals surface area contributed by atoms with Crippen LogP contribution < -0.4 is 4.90 Å².